The number of hydrogen-bond acceptors (Lipinski definition) is 5. The van der Waals surface area contributed by atoms with Gasteiger partial charge in [-0.3, -0.25) is 14.9 Å². The third kappa shape index (κ3) is 3.30. The van der Waals surface area contributed by atoms with Gasteiger partial charge in [-0.15, -0.1) is 11.3 Å². The molecule has 3 aliphatic rings. The fourth-order valence-electron chi connectivity index (χ4n) is 6.01. The smallest absolute Gasteiger partial charge is 0.309 e. The lowest BCUT2D eigenvalue weighted by molar-refractivity contribution is -0.149. The molecule has 5 nitrogen and oxygen atoms in total. The van der Waals surface area contributed by atoms with Crippen molar-refractivity contribution in [1.29, 1.82) is 0 Å². The SMILES string of the molecule is C[C@@H]1C(=O)O[C@@H]2[C@H]1CC[C@]1(C)Cc3sc(NC(=O)c4c(Cl)cccc4Cl)nc3[C@H](C)[C@H]21. The summed E-state index contributed by atoms with van der Waals surface area (Å²) in [6.45, 7) is 6.48. The fourth-order valence-corrected chi connectivity index (χ4v) is 7.83. The number of fused-ring (bicyclic) bond motifs is 4. The molecule has 164 valence electrons. The van der Waals surface area contributed by atoms with Gasteiger partial charge in [0.15, 0.2) is 5.13 Å². The summed E-state index contributed by atoms with van der Waals surface area (Å²) in [7, 11) is 0. The lowest BCUT2D eigenvalue weighted by Crippen LogP contribution is -2.50. The Kier molecular flexibility index (Phi) is 5.11. The topological polar surface area (TPSA) is 68.3 Å². The molecule has 8 heteroatoms. The molecule has 0 radical (unpaired) electrons. The number of halogens is 2. The molecule has 1 aromatic heterocycles. The second kappa shape index (κ2) is 7.46. The molecular formula is C23H24Cl2N2O3S. The van der Waals surface area contributed by atoms with Crippen LogP contribution < -0.4 is 5.32 Å². The molecule has 1 N–H and O–H groups in total. The highest BCUT2D eigenvalue weighted by atomic mass is 35.5. The number of ether oxygens (including phenoxy) is 1. The summed E-state index contributed by atoms with van der Waals surface area (Å²) in [5.41, 5.74) is 1.31. The Morgan fingerprint density at radius 1 is 1.26 bits per heavy atom. The van der Waals surface area contributed by atoms with Gasteiger partial charge in [0.25, 0.3) is 5.91 Å². The number of rotatable bonds is 2. The van der Waals surface area contributed by atoms with Gasteiger partial charge in [0, 0.05) is 22.6 Å². The van der Waals surface area contributed by atoms with Crippen LogP contribution in [0.3, 0.4) is 0 Å². The Labute approximate surface area is 195 Å². The van der Waals surface area contributed by atoms with Crippen LogP contribution in [0.15, 0.2) is 18.2 Å². The zero-order valence-corrected chi connectivity index (χ0v) is 19.9. The van der Waals surface area contributed by atoms with Gasteiger partial charge in [0.1, 0.15) is 6.10 Å². The molecule has 1 saturated carbocycles. The van der Waals surface area contributed by atoms with E-state index in [1.807, 2.05) is 6.92 Å². The number of carbonyl (C=O) groups is 2. The van der Waals surface area contributed by atoms with Gasteiger partial charge >= 0.3 is 5.97 Å². The molecule has 1 saturated heterocycles. The van der Waals surface area contributed by atoms with Crippen LogP contribution in [-0.2, 0) is 16.0 Å². The first-order chi connectivity index (χ1) is 14.7. The number of nitrogens with zero attached hydrogens (tertiary/aromatic N) is 1. The highest BCUT2D eigenvalue weighted by Crippen LogP contribution is 2.59. The molecule has 5 rings (SSSR count). The number of benzene rings is 1. The number of aromatic nitrogens is 1. The Morgan fingerprint density at radius 2 is 1.97 bits per heavy atom. The van der Waals surface area contributed by atoms with Crippen molar-refractivity contribution >= 4 is 51.5 Å². The van der Waals surface area contributed by atoms with Crippen molar-refractivity contribution in [2.75, 3.05) is 5.32 Å². The predicted molar refractivity (Wildman–Crippen MR) is 122 cm³/mol. The zero-order valence-electron chi connectivity index (χ0n) is 17.6. The van der Waals surface area contributed by atoms with E-state index in [1.165, 1.54) is 16.2 Å². The molecule has 0 unspecified atom stereocenters. The minimum Gasteiger partial charge on any atom is -0.461 e. The van der Waals surface area contributed by atoms with Crippen LogP contribution in [0, 0.1) is 23.2 Å². The van der Waals surface area contributed by atoms with Gasteiger partial charge < -0.3 is 4.74 Å². The molecule has 1 aliphatic heterocycles. The summed E-state index contributed by atoms with van der Waals surface area (Å²) in [5, 5.41) is 4.05. The lowest BCUT2D eigenvalue weighted by atomic mass is 9.54. The van der Waals surface area contributed by atoms with E-state index in [9.17, 15) is 9.59 Å². The summed E-state index contributed by atoms with van der Waals surface area (Å²) < 4.78 is 5.89. The Hall–Kier alpha value is -1.63. The van der Waals surface area contributed by atoms with E-state index < -0.39 is 0 Å². The molecular weight excluding hydrogens is 455 g/mol. The van der Waals surface area contributed by atoms with Gasteiger partial charge in [0.05, 0.1) is 27.2 Å². The van der Waals surface area contributed by atoms with Crippen molar-refractivity contribution in [3.63, 3.8) is 0 Å². The van der Waals surface area contributed by atoms with Crippen LogP contribution in [0.25, 0.3) is 0 Å². The third-order valence-electron chi connectivity index (χ3n) is 7.57. The maximum absolute atomic E-state index is 12.8. The van der Waals surface area contributed by atoms with Crippen LogP contribution >= 0.6 is 34.5 Å². The number of carbonyl (C=O) groups excluding carboxylic acids is 2. The van der Waals surface area contributed by atoms with E-state index in [0.29, 0.717) is 15.2 Å². The maximum Gasteiger partial charge on any atom is 0.309 e. The molecule has 2 aliphatic carbocycles. The summed E-state index contributed by atoms with van der Waals surface area (Å²) >= 11 is 13.9. The van der Waals surface area contributed by atoms with Crippen LogP contribution in [0.1, 0.15) is 60.5 Å². The minimum absolute atomic E-state index is 0.0335. The molecule has 2 heterocycles. The van der Waals surface area contributed by atoms with Crippen molar-refractivity contribution in [3.05, 3.63) is 44.4 Å². The molecule has 1 amide bonds. The lowest BCUT2D eigenvalue weighted by Gasteiger charge is -2.51. The van der Waals surface area contributed by atoms with Crippen molar-refractivity contribution < 1.29 is 14.3 Å². The van der Waals surface area contributed by atoms with Gasteiger partial charge in [0.2, 0.25) is 0 Å². The summed E-state index contributed by atoms with van der Waals surface area (Å²) in [6, 6.07) is 4.99. The number of amides is 1. The molecule has 0 bridgehead atoms. The number of nitrogens with one attached hydrogen (secondary N) is 1. The molecule has 0 spiro atoms. The van der Waals surface area contributed by atoms with Crippen molar-refractivity contribution in [1.82, 2.24) is 4.98 Å². The fraction of sp³-hybridized carbons (Fsp3) is 0.522. The number of anilines is 1. The van der Waals surface area contributed by atoms with E-state index in [2.05, 4.69) is 19.2 Å². The van der Waals surface area contributed by atoms with Crippen molar-refractivity contribution in [2.45, 2.75) is 52.1 Å². The second-order valence-electron chi connectivity index (χ2n) is 9.42. The normalized spacial score (nSPS) is 33.8. The van der Waals surface area contributed by atoms with Crippen LogP contribution in [0.4, 0.5) is 5.13 Å². The van der Waals surface area contributed by atoms with E-state index >= 15 is 0 Å². The van der Waals surface area contributed by atoms with E-state index in [1.54, 1.807) is 18.2 Å². The van der Waals surface area contributed by atoms with E-state index in [-0.39, 0.29) is 52.6 Å². The average Bonchev–Trinajstić information content (AvgIpc) is 3.21. The number of esters is 1. The quantitative estimate of drug-likeness (QED) is 0.540. The Bertz CT molecular complexity index is 1070. The van der Waals surface area contributed by atoms with E-state index in [0.717, 1.165) is 25.0 Å². The first-order valence-corrected chi connectivity index (χ1v) is 12.2. The van der Waals surface area contributed by atoms with Crippen LogP contribution in [0.2, 0.25) is 10.0 Å². The van der Waals surface area contributed by atoms with E-state index in [4.69, 9.17) is 32.9 Å². The molecule has 1 aromatic carbocycles. The highest BCUT2D eigenvalue weighted by Gasteiger charge is 2.58. The summed E-state index contributed by atoms with van der Waals surface area (Å²) in [4.78, 5) is 31.1. The first kappa shape index (κ1) is 21.2. The van der Waals surface area contributed by atoms with Crippen LogP contribution in [-0.4, -0.2) is 23.0 Å². The van der Waals surface area contributed by atoms with Gasteiger partial charge in [-0.25, -0.2) is 4.98 Å². The van der Waals surface area contributed by atoms with Crippen LogP contribution in [0.5, 0.6) is 0 Å². The monoisotopic (exact) mass is 478 g/mol. The zero-order chi connectivity index (χ0) is 22.1. The van der Waals surface area contributed by atoms with Crippen molar-refractivity contribution in [2.24, 2.45) is 23.2 Å². The highest BCUT2D eigenvalue weighted by molar-refractivity contribution is 7.16. The molecule has 2 aromatic rings. The predicted octanol–water partition coefficient (Wildman–Crippen LogP) is 5.96. The Balaban J connectivity index is 1.44. The summed E-state index contributed by atoms with van der Waals surface area (Å²) in [5.74, 6) is 0.196. The maximum atomic E-state index is 12.8. The first-order valence-electron chi connectivity index (χ1n) is 10.6. The van der Waals surface area contributed by atoms with Crippen molar-refractivity contribution in [3.8, 4) is 0 Å². The molecule has 31 heavy (non-hydrogen) atoms. The molecule has 6 atom stereocenters. The van der Waals surface area contributed by atoms with Gasteiger partial charge in [-0.1, -0.05) is 50.0 Å². The average molecular weight is 479 g/mol. The summed E-state index contributed by atoms with van der Waals surface area (Å²) in [6.07, 6.45) is 2.91. The van der Waals surface area contributed by atoms with Gasteiger partial charge in [-0.05, 0) is 36.8 Å². The number of hydrogen-bond donors (Lipinski definition) is 1. The standard InChI is InChI=1S/C23H24Cl2N2O3S/c1-10-12-7-8-23(3)9-15-18(11(2)17(23)19(12)30-21(10)29)26-22(31-15)27-20(28)16-13(24)5-4-6-14(16)25/h4-6,10-12,17,19H,7-9H2,1-3H3,(H,26,27,28)/t10-,11+,12-,17+,19+,23+/m0/s1. The van der Waals surface area contributed by atoms with Gasteiger partial charge in [-0.2, -0.15) is 0 Å². The third-order valence-corrected chi connectivity index (χ3v) is 9.18. The Morgan fingerprint density at radius 3 is 2.68 bits per heavy atom. The second-order valence-corrected chi connectivity index (χ2v) is 11.3. The largest absolute Gasteiger partial charge is 0.461 e. The number of thiazole rings is 1. The molecule has 2 fully saturated rings. The minimum atomic E-state index is -0.364.